The highest BCUT2D eigenvalue weighted by Crippen LogP contribution is 1.76. The van der Waals surface area contributed by atoms with Gasteiger partial charge in [0.15, 0.2) is 0 Å². The molecule has 0 fully saturated rings. The van der Waals surface area contributed by atoms with Crippen molar-refractivity contribution >= 4 is 0 Å². The molecule has 0 saturated heterocycles. The minimum atomic E-state index is -0.125. The van der Waals surface area contributed by atoms with E-state index in [1.54, 1.807) is 12.5 Å². The van der Waals surface area contributed by atoms with Gasteiger partial charge in [0.1, 0.15) is 0 Å². The molecule has 0 aromatic rings. The molecule has 3 heteroatoms. The summed E-state index contributed by atoms with van der Waals surface area (Å²) >= 11 is 0. The van der Waals surface area contributed by atoms with Crippen LogP contribution in [0.1, 0.15) is 13.8 Å². The maximum absolute atomic E-state index is 7.62. The Morgan fingerprint density at radius 3 is 1.55 bits per heavy atom. The first kappa shape index (κ1) is 12.8. The van der Waals surface area contributed by atoms with Crippen LogP contribution in [-0.2, 0) is 4.74 Å². The molecule has 0 aliphatic heterocycles. The van der Waals surface area contributed by atoms with E-state index < -0.39 is 0 Å². The molecule has 2 N–H and O–H groups in total. The summed E-state index contributed by atoms with van der Waals surface area (Å²) in [5, 5.41) is 15.2. The molecule has 0 radical (unpaired) electrons. The molecule has 0 aromatic heterocycles. The molecule has 0 aliphatic rings. The molecule has 0 heterocycles. The van der Waals surface area contributed by atoms with Crippen molar-refractivity contribution in [3.8, 4) is 0 Å². The van der Waals surface area contributed by atoms with Crippen LogP contribution in [0.2, 0.25) is 0 Å². The van der Waals surface area contributed by atoms with Crippen molar-refractivity contribution in [2.24, 2.45) is 0 Å². The van der Waals surface area contributed by atoms with E-state index in [0.29, 0.717) is 0 Å². The number of hydrogen-bond donors (Lipinski definition) is 2. The van der Waals surface area contributed by atoms with Crippen molar-refractivity contribution in [3.05, 3.63) is 24.7 Å². The zero-order chi connectivity index (χ0) is 8.95. The molecular formula is C8H16O3. The van der Waals surface area contributed by atoms with E-state index in [-0.39, 0.29) is 13.2 Å². The van der Waals surface area contributed by atoms with Crippen molar-refractivity contribution in [2.45, 2.75) is 13.8 Å². The van der Waals surface area contributed by atoms with Crippen LogP contribution in [0.5, 0.6) is 0 Å². The highest BCUT2D eigenvalue weighted by atomic mass is 16.5. The second-order valence-electron chi connectivity index (χ2n) is 1.52. The first-order valence-electron chi connectivity index (χ1n) is 3.43. The number of aliphatic hydroxyl groups excluding tert-OH is 2. The first-order chi connectivity index (χ1) is 5.33. The predicted molar refractivity (Wildman–Crippen MR) is 44.9 cm³/mol. The van der Waals surface area contributed by atoms with Crippen molar-refractivity contribution in [1.82, 2.24) is 0 Å². The summed E-state index contributed by atoms with van der Waals surface area (Å²) in [7, 11) is 0. The van der Waals surface area contributed by atoms with Gasteiger partial charge in [-0.05, 0) is 13.8 Å². The maximum Gasteiger partial charge on any atom is 0.0858 e. The van der Waals surface area contributed by atoms with Crippen LogP contribution in [0.3, 0.4) is 0 Å². The van der Waals surface area contributed by atoms with Gasteiger partial charge in [-0.3, -0.25) is 0 Å². The van der Waals surface area contributed by atoms with E-state index in [4.69, 9.17) is 14.9 Å². The number of allylic oxidation sites excluding steroid dienone is 2. The van der Waals surface area contributed by atoms with E-state index in [9.17, 15) is 0 Å². The van der Waals surface area contributed by atoms with Gasteiger partial charge in [-0.1, -0.05) is 12.2 Å². The lowest BCUT2D eigenvalue weighted by Gasteiger charge is -1.82. The summed E-state index contributed by atoms with van der Waals surface area (Å²) < 4.78 is 4.77. The van der Waals surface area contributed by atoms with E-state index in [2.05, 4.69) is 0 Å². The van der Waals surface area contributed by atoms with Gasteiger partial charge in [0.2, 0.25) is 0 Å². The van der Waals surface area contributed by atoms with Crippen LogP contribution in [0.4, 0.5) is 0 Å². The molecule has 0 aromatic carbocycles. The fourth-order valence-electron chi connectivity index (χ4n) is 0.202. The number of aliphatic hydroxyl groups is 2. The Labute approximate surface area is 67.6 Å². The molecule has 0 aliphatic carbocycles. The van der Waals surface area contributed by atoms with Gasteiger partial charge in [0.05, 0.1) is 25.7 Å². The summed E-state index contributed by atoms with van der Waals surface area (Å²) in [6.45, 7) is 3.56. The second kappa shape index (κ2) is 16.1. The summed E-state index contributed by atoms with van der Waals surface area (Å²) in [4.78, 5) is 0. The van der Waals surface area contributed by atoms with Gasteiger partial charge in [-0.25, -0.2) is 0 Å². The molecule has 3 nitrogen and oxygen atoms in total. The van der Waals surface area contributed by atoms with Crippen LogP contribution in [0, 0.1) is 0 Å². The van der Waals surface area contributed by atoms with Crippen LogP contribution in [-0.4, -0.2) is 23.4 Å². The van der Waals surface area contributed by atoms with Crippen molar-refractivity contribution in [2.75, 3.05) is 13.2 Å². The Balaban J connectivity index is 0. The summed E-state index contributed by atoms with van der Waals surface area (Å²) in [5.41, 5.74) is 0. The Kier molecular flexibility index (Phi) is 18.8. The van der Waals surface area contributed by atoms with Crippen LogP contribution < -0.4 is 0 Å². The highest BCUT2D eigenvalue weighted by molar-refractivity contribution is 4.73. The predicted octanol–water partition coefficient (Wildman–Crippen LogP) is 1.04. The van der Waals surface area contributed by atoms with E-state index in [1.807, 2.05) is 26.0 Å². The van der Waals surface area contributed by atoms with Gasteiger partial charge in [-0.15, -0.1) is 0 Å². The monoisotopic (exact) mass is 160 g/mol. The van der Waals surface area contributed by atoms with Gasteiger partial charge >= 0.3 is 0 Å². The van der Waals surface area contributed by atoms with Gasteiger partial charge < -0.3 is 14.9 Å². The lowest BCUT2D eigenvalue weighted by molar-refractivity contribution is 0.186. The standard InChI is InChI=1S/C6H10O.C2H6O2/c1-3-5-7-6-4-2;3-1-2-4/h3-6H,1-2H3;3-4H,1-2H2. The summed E-state index contributed by atoms with van der Waals surface area (Å²) in [6, 6.07) is 0. The largest absolute Gasteiger partial charge is 0.473 e. The minimum Gasteiger partial charge on any atom is -0.473 e. The van der Waals surface area contributed by atoms with Crippen LogP contribution in [0.15, 0.2) is 24.7 Å². The van der Waals surface area contributed by atoms with Gasteiger partial charge in [0.25, 0.3) is 0 Å². The Hall–Kier alpha value is -0.800. The fraction of sp³-hybridized carbons (Fsp3) is 0.500. The van der Waals surface area contributed by atoms with Crippen molar-refractivity contribution in [1.29, 1.82) is 0 Å². The topological polar surface area (TPSA) is 49.7 Å². The maximum atomic E-state index is 7.62. The van der Waals surface area contributed by atoms with Crippen LogP contribution >= 0.6 is 0 Å². The summed E-state index contributed by atoms with van der Waals surface area (Å²) in [5.74, 6) is 0. The Morgan fingerprint density at radius 2 is 1.36 bits per heavy atom. The van der Waals surface area contributed by atoms with Crippen molar-refractivity contribution in [3.63, 3.8) is 0 Å². The smallest absolute Gasteiger partial charge is 0.0858 e. The molecule has 66 valence electrons. The minimum absolute atomic E-state index is 0.125. The average Bonchev–Trinajstić information content (AvgIpc) is 2.06. The van der Waals surface area contributed by atoms with E-state index in [1.165, 1.54) is 0 Å². The lowest BCUT2D eigenvalue weighted by atomic mass is 10.7. The van der Waals surface area contributed by atoms with Gasteiger partial charge in [0, 0.05) is 0 Å². The highest BCUT2D eigenvalue weighted by Gasteiger charge is 1.58. The SMILES string of the molecule is CC=COC=CC.OCCO. The second-order valence-corrected chi connectivity index (χ2v) is 1.52. The number of rotatable bonds is 3. The van der Waals surface area contributed by atoms with Gasteiger partial charge in [-0.2, -0.15) is 0 Å². The Morgan fingerprint density at radius 1 is 1.00 bits per heavy atom. The molecule has 0 unspecified atom stereocenters. The number of ether oxygens (including phenoxy) is 1. The van der Waals surface area contributed by atoms with Crippen molar-refractivity contribution < 1.29 is 14.9 Å². The molecular weight excluding hydrogens is 144 g/mol. The molecule has 11 heavy (non-hydrogen) atoms. The third kappa shape index (κ3) is 27.0. The molecule has 0 rings (SSSR count). The number of hydrogen-bond acceptors (Lipinski definition) is 3. The molecule has 0 spiro atoms. The first-order valence-corrected chi connectivity index (χ1v) is 3.43. The molecule has 0 saturated carbocycles. The van der Waals surface area contributed by atoms with Crippen LogP contribution in [0.25, 0.3) is 0 Å². The third-order valence-corrected chi connectivity index (χ3v) is 0.529. The average molecular weight is 160 g/mol. The lowest BCUT2D eigenvalue weighted by Crippen LogP contribution is -1.85. The summed E-state index contributed by atoms with van der Waals surface area (Å²) in [6.07, 6.45) is 6.92. The molecule has 0 atom stereocenters. The zero-order valence-electron chi connectivity index (χ0n) is 7.03. The van der Waals surface area contributed by atoms with E-state index in [0.717, 1.165) is 0 Å². The fourth-order valence-corrected chi connectivity index (χ4v) is 0.202. The molecule has 0 bridgehead atoms. The van der Waals surface area contributed by atoms with E-state index >= 15 is 0 Å². The third-order valence-electron chi connectivity index (χ3n) is 0.529. The quantitative estimate of drug-likeness (QED) is 0.606. The normalized spacial score (nSPS) is 9.82. The Bertz CT molecular complexity index is 85.5. The molecule has 0 amide bonds. The zero-order valence-corrected chi connectivity index (χ0v) is 7.03.